The van der Waals surface area contributed by atoms with E-state index in [0.29, 0.717) is 17.2 Å². The number of nitrogens with one attached hydrogen (secondary N) is 1. The van der Waals surface area contributed by atoms with Crippen molar-refractivity contribution < 1.29 is 4.79 Å². The van der Waals surface area contributed by atoms with E-state index in [4.69, 9.17) is 12.2 Å². The molecule has 0 atom stereocenters. The molecular formula is C18H26N2OS2. The molecule has 2 saturated carbocycles. The molecule has 2 aliphatic rings. The maximum absolute atomic E-state index is 12.4. The van der Waals surface area contributed by atoms with Gasteiger partial charge in [-0.3, -0.25) is 10.1 Å². The molecule has 3 nitrogen and oxygen atoms in total. The average Bonchev–Trinajstić information content (AvgIpc) is 3.12. The summed E-state index contributed by atoms with van der Waals surface area (Å²) in [5.74, 6) is -0.0541. The molecule has 0 aliphatic heterocycles. The van der Waals surface area contributed by atoms with Gasteiger partial charge in [0.1, 0.15) is 0 Å². The maximum Gasteiger partial charge on any atom is 0.267 e. The normalized spacial score (nSPS) is 20.2. The van der Waals surface area contributed by atoms with E-state index in [1.54, 1.807) is 0 Å². The van der Waals surface area contributed by atoms with Gasteiger partial charge in [-0.1, -0.05) is 44.6 Å². The first-order chi connectivity index (χ1) is 11.3. The van der Waals surface area contributed by atoms with Crippen LogP contribution in [0.5, 0.6) is 0 Å². The molecule has 2 aliphatic carbocycles. The van der Waals surface area contributed by atoms with Crippen LogP contribution in [0.25, 0.3) is 0 Å². The molecule has 23 heavy (non-hydrogen) atoms. The molecule has 1 aromatic rings. The summed E-state index contributed by atoms with van der Waals surface area (Å²) in [6.07, 6.45) is 12.7. The van der Waals surface area contributed by atoms with Crippen molar-refractivity contribution in [3.05, 3.63) is 22.4 Å². The molecule has 0 saturated heterocycles. The number of amides is 1. The van der Waals surface area contributed by atoms with Gasteiger partial charge < -0.3 is 4.90 Å². The van der Waals surface area contributed by atoms with Crippen molar-refractivity contribution in [3.63, 3.8) is 0 Å². The molecular weight excluding hydrogens is 324 g/mol. The van der Waals surface area contributed by atoms with Gasteiger partial charge in [0, 0.05) is 12.1 Å². The Morgan fingerprint density at radius 1 is 1.04 bits per heavy atom. The van der Waals surface area contributed by atoms with Gasteiger partial charge in [-0.15, -0.1) is 11.3 Å². The second-order valence-corrected chi connectivity index (χ2v) is 8.06. The first-order valence-electron chi connectivity index (χ1n) is 8.93. The Morgan fingerprint density at radius 3 is 2.09 bits per heavy atom. The van der Waals surface area contributed by atoms with E-state index in [2.05, 4.69) is 10.2 Å². The van der Waals surface area contributed by atoms with E-state index in [1.807, 2.05) is 17.5 Å². The lowest BCUT2D eigenvalue weighted by Crippen LogP contribution is -2.53. The third-order valence-corrected chi connectivity index (χ3v) is 6.32. The van der Waals surface area contributed by atoms with Crippen LogP contribution in [0, 0.1) is 0 Å². The summed E-state index contributed by atoms with van der Waals surface area (Å²) >= 11 is 7.15. The maximum atomic E-state index is 12.4. The number of carbonyl (C=O) groups is 1. The van der Waals surface area contributed by atoms with E-state index in [-0.39, 0.29) is 5.91 Å². The molecule has 0 aromatic carbocycles. The minimum atomic E-state index is -0.0541. The topological polar surface area (TPSA) is 32.3 Å². The van der Waals surface area contributed by atoms with Crippen LogP contribution in [-0.2, 0) is 0 Å². The van der Waals surface area contributed by atoms with Gasteiger partial charge in [0.25, 0.3) is 5.91 Å². The summed E-state index contributed by atoms with van der Waals surface area (Å²) in [6, 6.07) is 4.79. The number of hydrogen-bond donors (Lipinski definition) is 1. The van der Waals surface area contributed by atoms with Crippen LogP contribution in [0.1, 0.15) is 73.9 Å². The molecule has 1 heterocycles. The van der Waals surface area contributed by atoms with Crippen molar-refractivity contribution in [3.8, 4) is 0 Å². The van der Waals surface area contributed by atoms with Crippen LogP contribution < -0.4 is 5.32 Å². The highest BCUT2D eigenvalue weighted by Crippen LogP contribution is 2.30. The van der Waals surface area contributed by atoms with E-state index in [9.17, 15) is 4.79 Å². The number of rotatable bonds is 3. The largest absolute Gasteiger partial charge is 0.343 e. The quantitative estimate of drug-likeness (QED) is 0.800. The lowest BCUT2D eigenvalue weighted by atomic mass is 9.89. The van der Waals surface area contributed by atoms with Crippen LogP contribution in [0.3, 0.4) is 0 Å². The summed E-state index contributed by atoms with van der Waals surface area (Å²) in [5, 5.41) is 5.59. The van der Waals surface area contributed by atoms with Crippen LogP contribution in [0.2, 0.25) is 0 Å². The number of carbonyl (C=O) groups excluding carboxylic acids is 1. The van der Waals surface area contributed by atoms with Crippen molar-refractivity contribution in [2.75, 3.05) is 0 Å². The van der Waals surface area contributed by atoms with Crippen molar-refractivity contribution >= 4 is 34.6 Å². The molecule has 1 aromatic heterocycles. The summed E-state index contributed by atoms with van der Waals surface area (Å²) < 4.78 is 0. The molecule has 1 N–H and O–H groups in total. The third-order valence-electron chi connectivity index (χ3n) is 5.14. The van der Waals surface area contributed by atoms with Crippen LogP contribution >= 0.6 is 23.6 Å². The van der Waals surface area contributed by atoms with Crippen molar-refractivity contribution in [1.29, 1.82) is 0 Å². The monoisotopic (exact) mass is 350 g/mol. The summed E-state index contributed by atoms with van der Waals surface area (Å²) in [6.45, 7) is 0. The second kappa shape index (κ2) is 8.25. The van der Waals surface area contributed by atoms with E-state index < -0.39 is 0 Å². The zero-order chi connectivity index (χ0) is 16.1. The lowest BCUT2D eigenvalue weighted by Gasteiger charge is -2.43. The second-order valence-electron chi connectivity index (χ2n) is 6.73. The van der Waals surface area contributed by atoms with Gasteiger partial charge in [-0.2, -0.15) is 0 Å². The molecule has 1 amide bonds. The molecule has 0 spiro atoms. The third kappa shape index (κ3) is 4.32. The molecule has 0 radical (unpaired) electrons. The number of hydrogen-bond acceptors (Lipinski definition) is 3. The fourth-order valence-corrected chi connectivity index (χ4v) is 4.99. The van der Waals surface area contributed by atoms with Gasteiger partial charge in [0.05, 0.1) is 4.88 Å². The van der Waals surface area contributed by atoms with Crippen molar-refractivity contribution in [2.24, 2.45) is 0 Å². The Balaban J connectivity index is 1.70. The Kier molecular flexibility index (Phi) is 6.06. The highest BCUT2D eigenvalue weighted by atomic mass is 32.1. The highest BCUT2D eigenvalue weighted by molar-refractivity contribution is 7.80. The Hall–Kier alpha value is -0.940. The predicted molar refractivity (Wildman–Crippen MR) is 100.0 cm³/mol. The van der Waals surface area contributed by atoms with Crippen LogP contribution in [0.15, 0.2) is 17.5 Å². The van der Waals surface area contributed by atoms with Gasteiger partial charge in [-0.05, 0) is 49.3 Å². The SMILES string of the molecule is O=C(NC(=S)N(C1CCCCC1)C1CCCCC1)c1cccs1. The Labute approximate surface area is 148 Å². The Morgan fingerprint density at radius 2 is 1.61 bits per heavy atom. The van der Waals surface area contributed by atoms with Crippen molar-refractivity contribution in [1.82, 2.24) is 10.2 Å². The molecule has 5 heteroatoms. The fraction of sp³-hybridized carbons (Fsp3) is 0.667. The first-order valence-corrected chi connectivity index (χ1v) is 10.2. The van der Waals surface area contributed by atoms with Crippen LogP contribution in [-0.4, -0.2) is 28.0 Å². The molecule has 0 bridgehead atoms. The number of thiophene rings is 1. The lowest BCUT2D eigenvalue weighted by molar-refractivity contribution is 0.0965. The van der Waals surface area contributed by atoms with Gasteiger partial charge in [-0.25, -0.2) is 0 Å². The minimum absolute atomic E-state index is 0.0541. The van der Waals surface area contributed by atoms with Gasteiger partial charge in [0.2, 0.25) is 0 Å². The average molecular weight is 351 g/mol. The highest BCUT2D eigenvalue weighted by Gasteiger charge is 2.31. The first kappa shape index (κ1) is 16.9. The molecule has 2 fully saturated rings. The smallest absolute Gasteiger partial charge is 0.267 e. The fourth-order valence-electron chi connectivity index (χ4n) is 3.98. The zero-order valence-corrected chi connectivity index (χ0v) is 15.3. The van der Waals surface area contributed by atoms with E-state index in [1.165, 1.54) is 75.5 Å². The van der Waals surface area contributed by atoms with Crippen LogP contribution in [0.4, 0.5) is 0 Å². The van der Waals surface area contributed by atoms with Gasteiger partial charge >= 0.3 is 0 Å². The minimum Gasteiger partial charge on any atom is -0.343 e. The predicted octanol–water partition coefficient (Wildman–Crippen LogP) is 4.73. The van der Waals surface area contributed by atoms with E-state index >= 15 is 0 Å². The van der Waals surface area contributed by atoms with E-state index in [0.717, 1.165) is 4.88 Å². The zero-order valence-electron chi connectivity index (χ0n) is 13.6. The molecule has 3 rings (SSSR count). The molecule has 126 valence electrons. The van der Waals surface area contributed by atoms with Crippen molar-refractivity contribution in [2.45, 2.75) is 76.3 Å². The standard InChI is InChI=1S/C18H26N2OS2/c21-17(16-12-7-13-23-16)19-18(22)20(14-8-3-1-4-9-14)15-10-5-2-6-11-15/h7,12-15H,1-6,8-11H2,(H,19,21,22). The Bertz CT molecular complexity index is 499. The molecule has 0 unspecified atom stereocenters. The summed E-state index contributed by atoms with van der Waals surface area (Å²) in [5.41, 5.74) is 0. The number of nitrogens with zero attached hydrogens (tertiary/aromatic N) is 1. The van der Waals surface area contributed by atoms with Gasteiger partial charge in [0.15, 0.2) is 5.11 Å². The number of thiocarbonyl (C=S) groups is 1. The summed E-state index contributed by atoms with van der Waals surface area (Å²) in [4.78, 5) is 15.5. The summed E-state index contributed by atoms with van der Waals surface area (Å²) in [7, 11) is 0.